The summed E-state index contributed by atoms with van der Waals surface area (Å²) in [7, 11) is 2.88. The molecule has 26 heavy (non-hydrogen) atoms. The summed E-state index contributed by atoms with van der Waals surface area (Å²) in [5, 5.41) is 13.6. The molecule has 1 aromatic carbocycles. The van der Waals surface area contributed by atoms with Gasteiger partial charge in [-0.1, -0.05) is 0 Å². The molecule has 0 amide bonds. The number of hydrogen-bond donors (Lipinski definition) is 2. The number of nitrogens with zero attached hydrogens (tertiary/aromatic N) is 1. The minimum atomic E-state index is -4.25. The molecule has 1 atom stereocenters. The summed E-state index contributed by atoms with van der Waals surface area (Å²) in [6.07, 6.45) is -5.31. The van der Waals surface area contributed by atoms with E-state index < -0.39 is 18.6 Å². The zero-order valence-electron chi connectivity index (χ0n) is 14.6. The molecule has 0 spiro atoms. The lowest BCUT2D eigenvalue weighted by Gasteiger charge is -2.36. The van der Waals surface area contributed by atoms with E-state index in [0.29, 0.717) is 43.2 Å². The minimum absolute atomic E-state index is 0. The van der Waals surface area contributed by atoms with Gasteiger partial charge in [0.1, 0.15) is 17.2 Å². The van der Waals surface area contributed by atoms with E-state index in [2.05, 4.69) is 5.32 Å². The Kier molecular flexibility index (Phi) is 10.5. The first kappa shape index (κ1) is 24.9. The number of ether oxygens (including phenoxy) is 2. The largest absolute Gasteiger partial charge is 0.507 e. The van der Waals surface area contributed by atoms with Crippen molar-refractivity contribution in [3.8, 4) is 17.2 Å². The molecule has 2 N–H and O–H groups in total. The van der Waals surface area contributed by atoms with Crippen LogP contribution in [0.25, 0.3) is 0 Å². The summed E-state index contributed by atoms with van der Waals surface area (Å²) in [6.45, 7) is 2.61. The molecule has 1 aliphatic heterocycles. The molecule has 2 rings (SSSR count). The third-order valence-corrected chi connectivity index (χ3v) is 4.18. The van der Waals surface area contributed by atoms with Gasteiger partial charge in [-0.2, -0.15) is 13.2 Å². The Labute approximate surface area is 163 Å². The Balaban J connectivity index is 0.00000312. The van der Waals surface area contributed by atoms with E-state index in [1.807, 2.05) is 4.90 Å². The van der Waals surface area contributed by atoms with Crippen LogP contribution < -0.4 is 14.8 Å². The van der Waals surface area contributed by atoms with Gasteiger partial charge in [0.05, 0.1) is 19.8 Å². The number of phenolic OH excluding ortho intramolecular Hbond substituents is 1. The predicted octanol–water partition coefficient (Wildman–Crippen LogP) is 3.54. The molecule has 5 nitrogen and oxygen atoms in total. The number of hydrogen-bond acceptors (Lipinski definition) is 5. The molecule has 0 unspecified atom stereocenters. The first-order valence-electron chi connectivity index (χ1n) is 7.82. The average molecular weight is 421 g/mol. The van der Waals surface area contributed by atoms with Gasteiger partial charge in [0.2, 0.25) is 0 Å². The number of piperazine rings is 1. The molecule has 1 saturated heterocycles. The van der Waals surface area contributed by atoms with Crippen LogP contribution in [-0.4, -0.2) is 56.6 Å². The van der Waals surface area contributed by atoms with Gasteiger partial charge >= 0.3 is 6.18 Å². The van der Waals surface area contributed by atoms with Gasteiger partial charge < -0.3 is 19.9 Å². The van der Waals surface area contributed by atoms with E-state index >= 15 is 0 Å². The zero-order chi connectivity index (χ0) is 17.7. The number of rotatable bonds is 6. The van der Waals surface area contributed by atoms with Crippen molar-refractivity contribution in [2.75, 3.05) is 40.4 Å². The van der Waals surface area contributed by atoms with Crippen LogP contribution in [0.5, 0.6) is 17.2 Å². The van der Waals surface area contributed by atoms with E-state index in [9.17, 15) is 18.3 Å². The Morgan fingerprint density at radius 1 is 1.15 bits per heavy atom. The molecule has 0 radical (unpaired) electrons. The van der Waals surface area contributed by atoms with Crippen molar-refractivity contribution in [2.45, 2.75) is 25.1 Å². The number of nitrogens with one attached hydrogen (secondary N) is 1. The van der Waals surface area contributed by atoms with Crippen LogP contribution in [0.4, 0.5) is 13.2 Å². The third-order valence-electron chi connectivity index (χ3n) is 4.18. The molecule has 0 aliphatic carbocycles. The van der Waals surface area contributed by atoms with Crippen LogP contribution in [0.15, 0.2) is 12.1 Å². The Morgan fingerprint density at radius 3 is 2.27 bits per heavy atom. The van der Waals surface area contributed by atoms with Crippen molar-refractivity contribution in [1.29, 1.82) is 0 Å². The van der Waals surface area contributed by atoms with Crippen LogP contribution in [0.1, 0.15) is 24.4 Å². The lowest BCUT2D eigenvalue weighted by atomic mass is 9.97. The second-order valence-corrected chi connectivity index (χ2v) is 5.72. The van der Waals surface area contributed by atoms with Gasteiger partial charge in [0, 0.05) is 50.8 Å². The molecule has 152 valence electrons. The molecule has 0 aromatic heterocycles. The summed E-state index contributed by atoms with van der Waals surface area (Å²) in [6, 6.07) is 2.41. The summed E-state index contributed by atoms with van der Waals surface area (Å²) in [5.74, 6) is 0.609. The maximum absolute atomic E-state index is 12.8. The molecule has 1 aromatic rings. The number of halogens is 5. The number of benzene rings is 1. The van der Waals surface area contributed by atoms with Crippen molar-refractivity contribution < 1.29 is 27.8 Å². The molecule has 10 heteroatoms. The first-order chi connectivity index (χ1) is 11.4. The van der Waals surface area contributed by atoms with Crippen molar-refractivity contribution in [2.24, 2.45) is 0 Å². The van der Waals surface area contributed by atoms with Crippen LogP contribution in [0, 0.1) is 0 Å². The fourth-order valence-electron chi connectivity index (χ4n) is 3.01. The zero-order valence-corrected chi connectivity index (χ0v) is 16.3. The smallest absolute Gasteiger partial charge is 0.389 e. The Morgan fingerprint density at radius 2 is 1.77 bits per heavy atom. The van der Waals surface area contributed by atoms with Gasteiger partial charge in [-0.05, 0) is 6.42 Å². The summed E-state index contributed by atoms with van der Waals surface area (Å²) < 4.78 is 48.7. The van der Waals surface area contributed by atoms with Crippen molar-refractivity contribution in [1.82, 2.24) is 10.2 Å². The molecule has 0 saturated carbocycles. The quantitative estimate of drug-likeness (QED) is 0.736. The van der Waals surface area contributed by atoms with Crippen molar-refractivity contribution in [3.05, 3.63) is 17.7 Å². The fourth-order valence-corrected chi connectivity index (χ4v) is 3.01. The van der Waals surface area contributed by atoms with Gasteiger partial charge in [-0.3, -0.25) is 4.90 Å². The monoisotopic (exact) mass is 420 g/mol. The fraction of sp³-hybridized carbons (Fsp3) is 0.625. The highest BCUT2D eigenvalue weighted by Gasteiger charge is 2.34. The average Bonchev–Trinajstić information content (AvgIpc) is 2.55. The highest BCUT2D eigenvalue weighted by Crippen LogP contribution is 2.43. The van der Waals surface area contributed by atoms with E-state index in [-0.39, 0.29) is 37.0 Å². The second kappa shape index (κ2) is 10.9. The van der Waals surface area contributed by atoms with Gasteiger partial charge in [-0.25, -0.2) is 0 Å². The molecule has 1 heterocycles. The van der Waals surface area contributed by atoms with E-state index in [1.54, 1.807) is 6.07 Å². The highest BCUT2D eigenvalue weighted by atomic mass is 35.5. The summed E-state index contributed by atoms with van der Waals surface area (Å²) in [4.78, 5) is 1.95. The SMILES string of the molecule is COc1cc(O)c([C@@H](CCC(F)(F)F)N2CCNCC2)c(OC)c1.Cl.Cl. The minimum Gasteiger partial charge on any atom is -0.507 e. The Hall–Kier alpha value is -1.09. The maximum atomic E-state index is 12.8. The first-order valence-corrected chi connectivity index (χ1v) is 7.82. The van der Waals surface area contributed by atoms with Crippen molar-refractivity contribution >= 4 is 24.8 Å². The van der Waals surface area contributed by atoms with E-state index in [1.165, 1.54) is 20.3 Å². The topological polar surface area (TPSA) is 54.0 Å². The Bertz CT molecular complexity index is 556. The maximum Gasteiger partial charge on any atom is 0.389 e. The van der Waals surface area contributed by atoms with Gasteiger partial charge in [-0.15, -0.1) is 24.8 Å². The van der Waals surface area contributed by atoms with Crippen LogP contribution in [-0.2, 0) is 0 Å². The number of phenols is 1. The van der Waals surface area contributed by atoms with Crippen LogP contribution in [0.2, 0.25) is 0 Å². The van der Waals surface area contributed by atoms with E-state index in [4.69, 9.17) is 9.47 Å². The highest BCUT2D eigenvalue weighted by molar-refractivity contribution is 5.85. The number of aromatic hydroxyl groups is 1. The second-order valence-electron chi connectivity index (χ2n) is 5.72. The molecular formula is C16H25Cl2F3N2O3. The molecule has 1 aliphatic rings. The molecular weight excluding hydrogens is 396 g/mol. The van der Waals surface area contributed by atoms with Gasteiger partial charge in [0.25, 0.3) is 0 Å². The van der Waals surface area contributed by atoms with Gasteiger partial charge in [0.15, 0.2) is 0 Å². The third kappa shape index (κ3) is 6.57. The summed E-state index contributed by atoms with van der Waals surface area (Å²) in [5.41, 5.74) is 0.379. The molecule has 1 fully saturated rings. The summed E-state index contributed by atoms with van der Waals surface area (Å²) >= 11 is 0. The standard InChI is InChI=1S/C16H23F3N2O3.2ClH/c1-23-11-9-13(22)15(14(10-11)24-2)12(3-4-16(17,18)19)21-7-5-20-6-8-21;;/h9-10,12,20,22H,3-8H2,1-2H3;2*1H/t12-;;/m1../s1. The van der Waals surface area contributed by atoms with Crippen LogP contribution >= 0.6 is 24.8 Å². The lowest BCUT2D eigenvalue weighted by Crippen LogP contribution is -2.45. The number of alkyl halides is 3. The number of methoxy groups -OCH3 is 2. The predicted molar refractivity (Wildman–Crippen MR) is 98.2 cm³/mol. The molecule has 0 bridgehead atoms. The van der Waals surface area contributed by atoms with Crippen molar-refractivity contribution in [3.63, 3.8) is 0 Å². The van der Waals surface area contributed by atoms with Crippen LogP contribution in [0.3, 0.4) is 0 Å². The normalized spacial score (nSPS) is 16.2. The van der Waals surface area contributed by atoms with E-state index in [0.717, 1.165) is 0 Å². The lowest BCUT2D eigenvalue weighted by molar-refractivity contribution is -0.138.